The average molecular weight is 240 g/mol. The molecule has 3 heteroatoms. The second-order valence-electron chi connectivity index (χ2n) is 6.55. The zero-order valence-corrected chi connectivity index (χ0v) is 11.4. The molecule has 1 saturated heterocycles. The maximum Gasteiger partial charge on any atom is 0.0839 e. The minimum Gasteiger partial charge on any atom is -0.388 e. The van der Waals surface area contributed by atoms with Crippen LogP contribution >= 0.6 is 0 Å². The fourth-order valence-corrected chi connectivity index (χ4v) is 3.77. The normalized spacial score (nSPS) is 45.5. The molecule has 2 rings (SSSR count). The number of hydrogen-bond donors (Lipinski definition) is 2. The monoisotopic (exact) mass is 240 g/mol. The molecule has 3 unspecified atom stereocenters. The maximum atomic E-state index is 11.0. The van der Waals surface area contributed by atoms with E-state index in [4.69, 9.17) is 5.73 Å². The van der Waals surface area contributed by atoms with Crippen molar-refractivity contribution in [3.05, 3.63) is 0 Å². The number of aliphatic hydroxyl groups is 1. The first-order chi connectivity index (χ1) is 7.95. The highest BCUT2D eigenvalue weighted by molar-refractivity contribution is 5.06. The van der Waals surface area contributed by atoms with Crippen molar-refractivity contribution in [2.24, 2.45) is 11.7 Å². The van der Waals surface area contributed by atoms with Crippen molar-refractivity contribution in [3.8, 4) is 0 Å². The molecule has 2 aliphatic rings. The lowest BCUT2D eigenvalue weighted by Crippen LogP contribution is -2.62. The molecule has 0 aromatic carbocycles. The van der Waals surface area contributed by atoms with Gasteiger partial charge in [0.15, 0.2) is 0 Å². The molecule has 3 nitrogen and oxygen atoms in total. The molecule has 100 valence electrons. The minimum absolute atomic E-state index is 0.337. The molecule has 0 radical (unpaired) electrons. The lowest BCUT2D eigenvalue weighted by atomic mass is 9.65. The van der Waals surface area contributed by atoms with Gasteiger partial charge in [-0.05, 0) is 51.6 Å². The summed E-state index contributed by atoms with van der Waals surface area (Å²) in [7, 11) is 2.14. The van der Waals surface area contributed by atoms with Crippen LogP contribution in [0.15, 0.2) is 0 Å². The van der Waals surface area contributed by atoms with E-state index >= 15 is 0 Å². The zero-order chi connectivity index (χ0) is 12.5. The van der Waals surface area contributed by atoms with Crippen molar-refractivity contribution in [1.29, 1.82) is 0 Å². The summed E-state index contributed by atoms with van der Waals surface area (Å²) in [6, 6.07) is 0. The van der Waals surface area contributed by atoms with Gasteiger partial charge >= 0.3 is 0 Å². The van der Waals surface area contributed by atoms with Crippen LogP contribution < -0.4 is 5.73 Å². The molecular weight excluding hydrogens is 212 g/mol. The van der Waals surface area contributed by atoms with E-state index in [1.807, 2.05) is 0 Å². The van der Waals surface area contributed by atoms with Crippen LogP contribution in [0.3, 0.4) is 0 Å². The molecule has 1 aliphatic heterocycles. The summed E-state index contributed by atoms with van der Waals surface area (Å²) in [6.45, 7) is 4.34. The first-order valence-electron chi connectivity index (χ1n) is 7.15. The molecule has 1 saturated carbocycles. The van der Waals surface area contributed by atoms with Gasteiger partial charge in [0, 0.05) is 12.1 Å². The highest BCUT2D eigenvalue weighted by Gasteiger charge is 2.49. The van der Waals surface area contributed by atoms with Gasteiger partial charge in [-0.15, -0.1) is 0 Å². The van der Waals surface area contributed by atoms with E-state index in [-0.39, 0.29) is 5.54 Å². The predicted molar refractivity (Wildman–Crippen MR) is 70.8 cm³/mol. The molecule has 3 atom stereocenters. The van der Waals surface area contributed by atoms with E-state index in [0.717, 1.165) is 45.2 Å². The van der Waals surface area contributed by atoms with Gasteiger partial charge in [0.1, 0.15) is 0 Å². The summed E-state index contributed by atoms with van der Waals surface area (Å²) in [5.41, 5.74) is 5.63. The average Bonchev–Trinajstić information content (AvgIpc) is 2.42. The third kappa shape index (κ3) is 2.67. The minimum atomic E-state index is -0.632. The Labute approximate surface area is 105 Å². The number of hydrogen-bond acceptors (Lipinski definition) is 3. The molecule has 0 bridgehead atoms. The summed E-state index contributed by atoms with van der Waals surface area (Å²) in [5.74, 6) is 0.666. The first kappa shape index (κ1) is 13.3. The lowest BCUT2D eigenvalue weighted by molar-refractivity contribution is -0.0688. The van der Waals surface area contributed by atoms with Crippen molar-refractivity contribution in [2.75, 3.05) is 20.1 Å². The molecule has 3 N–H and O–H groups in total. The predicted octanol–water partition coefficient (Wildman–Crippen LogP) is 1.74. The number of likely N-dealkylation sites (tertiary alicyclic amines) is 1. The van der Waals surface area contributed by atoms with Crippen molar-refractivity contribution in [3.63, 3.8) is 0 Å². The fourth-order valence-electron chi connectivity index (χ4n) is 3.77. The summed E-state index contributed by atoms with van der Waals surface area (Å²) in [6.07, 6.45) is 7.23. The molecule has 1 heterocycles. The quantitative estimate of drug-likeness (QED) is 0.734. The Bertz CT molecular complexity index is 271. The van der Waals surface area contributed by atoms with E-state index in [9.17, 15) is 5.11 Å². The smallest absolute Gasteiger partial charge is 0.0839 e. The van der Waals surface area contributed by atoms with E-state index in [1.165, 1.54) is 12.8 Å². The molecule has 0 aromatic heterocycles. The van der Waals surface area contributed by atoms with Crippen molar-refractivity contribution >= 4 is 0 Å². The Kier molecular flexibility index (Phi) is 3.81. The maximum absolute atomic E-state index is 11.0. The van der Waals surface area contributed by atoms with Gasteiger partial charge < -0.3 is 15.7 Å². The van der Waals surface area contributed by atoms with Crippen molar-refractivity contribution in [1.82, 2.24) is 4.90 Å². The largest absolute Gasteiger partial charge is 0.388 e. The highest BCUT2D eigenvalue weighted by atomic mass is 16.3. The van der Waals surface area contributed by atoms with E-state index < -0.39 is 5.60 Å². The summed E-state index contributed by atoms with van der Waals surface area (Å²) in [5, 5.41) is 11.0. The van der Waals surface area contributed by atoms with Gasteiger partial charge in [0.2, 0.25) is 0 Å². The van der Waals surface area contributed by atoms with E-state index in [0.29, 0.717) is 5.92 Å². The lowest BCUT2D eigenvalue weighted by Gasteiger charge is -2.48. The highest BCUT2D eigenvalue weighted by Crippen LogP contribution is 2.42. The second-order valence-corrected chi connectivity index (χ2v) is 6.55. The van der Waals surface area contributed by atoms with Crippen LogP contribution in [0.1, 0.15) is 51.9 Å². The van der Waals surface area contributed by atoms with Crippen molar-refractivity contribution in [2.45, 2.75) is 63.0 Å². The number of nitrogens with zero attached hydrogens (tertiary/aromatic N) is 1. The molecule has 17 heavy (non-hydrogen) atoms. The zero-order valence-electron chi connectivity index (χ0n) is 11.4. The van der Waals surface area contributed by atoms with Gasteiger partial charge in [-0.1, -0.05) is 19.8 Å². The van der Waals surface area contributed by atoms with Crippen LogP contribution in [0.5, 0.6) is 0 Å². The molecule has 2 fully saturated rings. The topological polar surface area (TPSA) is 49.5 Å². The van der Waals surface area contributed by atoms with Gasteiger partial charge in [-0.3, -0.25) is 0 Å². The van der Waals surface area contributed by atoms with Crippen LogP contribution in [-0.4, -0.2) is 41.3 Å². The van der Waals surface area contributed by atoms with Crippen LogP contribution in [0.25, 0.3) is 0 Å². The summed E-state index contributed by atoms with van der Waals surface area (Å²) >= 11 is 0. The van der Waals surface area contributed by atoms with Gasteiger partial charge in [-0.25, -0.2) is 0 Å². The molecule has 1 aliphatic carbocycles. The van der Waals surface area contributed by atoms with Gasteiger partial charge in [-0.2, -0.15) is 0 Å². The van der Waals surface area contributed by atoms with Crippen LogP contribution in [0, 0.1) is 5.92 Å². The van der Waals surface area contributed by atoms with Crippen LogP contribution in [0.4, 0.5) is 0 Å². The third-order valence-electron chi connectivity index (χ3n) is 5.00. The van der Waals surface area contributed by atoms with Gasteiger partial charge in [0.05, 0.1) is 5.60 Å². The van der Waals surface area contributed by atoms with Crippen LogP contribution in [-0.2, 0) is 0 Å². The summed E-state index contributed by atoms with van der Waals surface area (Å²) < 4.78 is 0. The number of rotatable bonds is 1. The Morgan fingerprint density at radius 2 is 1.94 bits per heavy atom. The number of nitrogens with two attached hydrogens (primary N) is 1. The third-order valence-corrected chi connectivity index (χ3v) is 5.00. The van der Waals surface area contributed by atoms with Crippen LogP contribution in [0.2, 0.25) is 0 Å². The van der Waals surface area contributed by atoms with Gasteiger partial charge in [0.25, 0.3) is 0 Å². The molecule has 0 spiro atoms. The van der Waals surface area contributed by atoms with Crippen molar-refractivity contribution < 1.29 is 5.11 Å². The Hall–Kier alpha value is -0.120. The summed E-state index contributed by atoms with van der Waals surface area (Å²) in [4.78, 5) is 2.31. The molecular formula is C14H28N2O. The molecule has 0 aromatic rings. The first-order valence-corrected chi connectivity index (χ1v) is 7.15. The standard InChI is InChI=1S/C14H28N2O/c1-12-5-3-6-13(15,11-12)14(17)7-4-9-16(2)10-8-14/h12,17H,3-11,15H2,1-2H3. The Balaban J connectivity index is 2.12. The fraction of sp³-hybridized carbons (Fsp3) is 1.00. The Morgan fingerprint density at radius 1 is 1.18 bits per heavy atom. The van der Waals surface area contributed by atoms with E-state index in [2.05, 4.69) is 18.9 Å². The van der Waals surface area contributed by atoms with E-state index in [1.54, 1.807) is 0 Å². The molecule has 0 amide bonds. The second kappa shape index (κ2) is 4.87. The Morgan fingerprint density at radius 3 is 2.65 bits per heavy atom. The SMILES string of the molecule is CC1CCCC(N)(C2(O)CCCN(C)CC2)C1.